The molecule has 3 rings (SSSR count). The van der Waals surface area contributed by atoms with Gasteiger partial charge >= 0.3 is 16.4 Å². The molecule has 0 aromatic heterocycles. The monoisotopic (exact) mass is 414 g/mol. The van der Waals surface area contributed by atoms with Crippen molar-refractivity contribution in [2.45, 2.75) is 37.3 Å². The van der Waals surface area contributed by atoms with Crippen molar-refractivity contribution in [3.05, 3.63) is 0 Å². The zero-order valence-corrected chi connectivity index (χ0v) is 15.2. The number of hydroxylamine groups is 3. The van der Waals surface area contributed by atoms with Crippen LogP contribution >= 0.6 is 0 Å². The van der Waals surface area contributed by atoms with Crippen LogP contribution in [0.2, 0.25) is 0 Å². The van der Waals surface area contributed by atoms with Gasteiger partial charge in [-0.2, -0.15) is 13.5 Å². The number of piperidine rings is 1. The Bertz CT molecular complexity index is 730. The molecule has 3 fully saturated rings. The maximum absolute atomic E-state index is 14.3. The number of amides is 3. The SMILES string of the molecule is CNCC1(CONC(=O)[C@@H]2CC(F)(F)[C@@H]3CN2C(=O)N3OS(=O)(=O)O)CC1. The lowest BCUT2D eigenvalue weighted by atomic mass is 9.96. The van der Waals surface area contributed by atoms with Gasteiger partial charge in [0.15, 0.2) is 0 Å². The molecule has 1 saturated carbocycles. The van der Waals surface area contributed by atoms with E-state index in [-0.39, 0.29) is 17.1 Å². The largest absolute Gasteiger partial charge is 0.418 e. The number of nitrogens with one attached hydrogen (secondary N) is 2. The molecule has 2 heterocycles. The number of alkyl halides is 2. The summed E-state index contributed by atoms with van der Waals surface area (Å²) in [4.78, 5) is 30.4. The molecule has 3 amide bonds. The first-order chi connectivity index (χ1) is 12.5. The number of urea groups is 1. The Balaban J connectivity index is 1.65. The molecule has 1 aliphatic carbocycles. The molecule has 2 saturated heterocycles. The maximum Gasteiger partial charge on any atom is 0.418 e. The highest BCUT2D eigenvalue weighted by Crippen LogP contribution is 2.45. The number of carbonyl (C=O) groups is 2. The van der Waals surface area contributed by atoms with Crippen LogP contribution in [-0.2, 0) is 24.3 Å². The number of carbonyl (C=O) groups excluding carboxylic acids is 2. The first kappa shape index (κ1) is 20.1. The molecule has 0 aromatic carbocycles. The third kappa shape index (κ3) is 4.13. The summed E-state index contributed by atoms with van der Waals surface area (Å²) < 4.78 is 62.9. The van der Waals surface area contributed by atoms with Crippen LogP contribution in [0.25, 0.3) is 0 Å². The minimum Gasteiger partial charge on any atom is -0.319 e. The molecule has 0 spiro atoms. The lowest BCUT2D eigenvalue weighted by molar-refractivity contribution is -0.160. The van der Waals surface area contributed by atoms with Crippen LogP contribution in [0.15, 0.2) is 0 Å². The lowest BCUT2D eigenvalue weighted by Gasteiger charge is -2.34. The first-order valence-corrected chi connectivity index (χ1v) is 9.55. The average molecular weight is 414 g/mol. The first-order valence-electron chi connectivity index (χ1n) is 8.19. The van der Waals surface area contributed by atoms with Crippen molar-refractivity contribution >= 4 is 22.3 Å². The fourth-order valence-corrected chi connectivity index (χ4v) is 3.71. The highest BCUT2D eigenvalue weighted by atomic mass is 32.3. The van der Waals surface area contributed by atoms with E-state index < -0.39 is 53.3 Å². The fraction of sp³-hybridized carbons (Fsp3) is 0.846. The summed E-state index contributed by atoms with van der Waals surface area (Å²) >= 11 is 0. The summed E-state index contributed by atoms with van der Waals surface area (Å²) in [5, 5.41) is 2.88. The van der Waals surface area contributed by atoms with Crippen molar-refractivity contribution in [2.24, 2.45) is 5.41 Å². The molecule has 2 aliphatic heterocycles. The van der Waals surface area contributed by atoms with E-state index in [9.17, 15) is 26.8 Å². The van der Waals surface area contributed by atoms with Gasteiger partial charge in [0.2, 0.25) is 0 Å². The van der Waals surface area contributed by atoms with Gasteiger partial charge in [0, 0.05) is 18.4 Å². The van der Waals surface area contributed by atoms with Crippen LogP contribution in [0, 0.1) is 5.41 Å². The van der Waals surface area contributed by atoms with Gasteiger partial charge < -0.3 is 10.2 Å². The summed E-state index contributed by atoms with van der Waals surface area (Å²) in [6.07, 6.45) is 0.768. The molecular formula is C13H20F2N4O7S. The van der Waals surface area contributed by atoms with Gasteiger partial charge in [0.25, 0.3) is 11.8 Å². The second kappa shape index (κ2) is 6.77. The molecule has 0 unspecified atom stereocenters. The van der Waals surface area contributed by atoms with E-state index in [4.69, 9.17) is 9.39 Å². The van der Waals surface area contributed by atoms with Crippen molar-refractivity contribution in [3.63, 3.8) is 0 Å². The smallest absolute Gasteiger partial charge is 0.319 e. The molecular weight excluding hydrogens is 394 g/mol. The predicted molar refractivity (Wildman–Crippen MR) is 83.4 cm³/mol. The van der Waals surface area contributed by atoms with Crippen LogP contribution in [-0.4, -0.2) is 79.6 Å². The average Bonchev–Trinajstić information content (AvgIpc) is 3.24. The summed E-state index contributed by atoms with van der Waals surface area (Å²) in [5.41, 5.74) is 1.99. The summed E-state index contributed by atoms with van der Waals surface area (Å²) in [6.45, 7) is 0.235. The van der Waals surface area contributed by atoms with Gasteiger partial charge in [-0.3, -0.25) is 14.2 Å². The summed E-state index contributed by atoms with van der Waals surface area (Å²) in [6, 6.07) is -4.77. The molecule has 0 radical (unpaired) electrons. The third-order valence-electron chi connectivity index (χ3n) is 4.95. The molecule has 3 aliphatic rings. The Morgan fingerprint density at radius 2 is 2.07 bits per heavy atom. The Morgan fingerprint density at radius 3 is 2.63 bits per heavy atom. The van der Waals surface area contributed by atoms with E-state index in [0.29, 0.717) is 6.54 Å². The molecule has 11 nitrogen and oxygen atoms in total. The Hall–Kier alpha value is -1.61. The lowest BCUT2D eigenvalue weighted by Crippen LogP contribution is -2.56. The Kier molecular flexibility index (Phi) is 5.05. The van der Waals surface area contributed by atoms with E-state index in [0.717, 1.165) is 17.7 Å². The van der Waals surface area contributed by atoms with Crippen LogP contribution in [0.3, 0.4) is 0 Å². The van der Waals surface area contributed by atoms with Crippen molar-refractivity contribution in [3.8, 4) is 0 Å². The number of halogens is 2. The van der Waals surface area contributed by atoms with Gasteiger partial charge in [-0.15, -0.1) is 4.28 Å². The number of rotatable bonds is 8. The number of hydrogen-bond acceptors (Lipinski definition) is 7. The molecule has 0 aromatic rings. The van der Waals surface area contributed by atoms with E-state index in [1.165, 1.54) is 0 Å². The summed E-state index contributed by atoms with van der Waals surface area (Å²) in [5.74, 6) is -4.56. The van der Waals surface area contributed by atoms with Crippen LogP contribution in [0.5, 0.6) is 0 Å². The van der Waals surface area contributed by atoms with Gasteiger partial charge in [0.05, 0.1) is 13.2 Å². The molecule has 2 bridgehead atoms. The van der Waals surface area contributed by atoms with Gasteiger partial charge in [-0.05, 0) is 19.9 Å². The van der Waals surface area contributed by atoms with Crippen LogP contribution in [0.1, 0.15) is 19.3 Å². The highest BCUT2D eigenvalue weighted by molar-refractivity contribution is 7.80. The summed E-state index contributed by atoms with van der Waals surface area (Å²) in [7, 11) is -3.41. The van der Waals surface area contributed by atoms with Crippen molar-refractivity contribution < 1.29 is 40.5 Å². The van der Waals surface area contributed by atoms with Crippen LogP contribution < -0.4 is 10.8 Å². The number of hydrogen-bond donors (Lipinski definition) is 3. The Labute approximate surface area is 153 Å². The number of fused-ring (bicyclic) bond motifs is 2. The predicted octanol–water partition coefficient (Wildman–Crippen LogP) is -0.718. The zero-order valence-electron chi connectivity index (χ0n) is 14.4. The number of nitrogens with zero attached hydrogens (tertiary/aromatic N) is 2. The van der Waals surface area contributed by atoms with Crippen molar-refractivity contribution in [1.29, 1.82) is 0 Å². The molecule has 27 heavy (non-hydrogen) atoms. The normalized spacial score (nSPS) is 28.4. The minimum atomic E-state index is -5.18. The molecule has 2 atom stereocenters. The van der Waals surface area contributed by atoms with E-state index in [1.54, 1.807) is 7.05 Å². The second-order valence-corrected chi connectivity index (χ2v) is 8.05. The fourth-order valence-electron chi connectivity index (χ4n) is 3.34. The van der Waals surface area contributed by atoms with E-state index in [1.807, 2.05) is 0 Å². The van der Waals surface area contributed by atoms with Gasteiger partial charge in [0.1, 0.15) is 12.1 Å². The van der Waals surface area contributed by atoms with E-state index >= 15 is 0 Å². The molecule has 154 valence electrons. The molecule has 14 heteroatoms. The molecule has 3 N–H and O–H groups in total. The van der Waals surface area contributed by atoms with Gasteiger partial charge in [-0.25, -0.2) is 19.1 Å². The van der Waals surface area contributed by atoms with E-state index in [2.05, 4.69) is 15.1 Å². The van der Waals surface area contributed by atoms with Gasteiger partial charge in [-0.1, -0.05) is 0 Å². The minimum absolute atomic E-state index is 0.104. The second-order valence-electron chi connectivity index (χ2n) is 7.05. The topological polar surface area (TPSA) is 138 Å². The maximum atomic E-state index is 14.3. The van der Waals surface area contributed by atoms with Crippen LogP contribution in [0.4, 0.5) is 13.6 Å². The van der Waals surface area contributed by atoms with Crippen molar-refractivity contribution in [1.82, 2.24) is 20.8 Å². The van der Waals surface area contributed by atoms with Crippen molar-refractivity contribution in [2.75, 3.05) is 26.7 Å². The quantitative estimate of drug-likeness (QED) is 0.350. The third-order valence-corrected chi connectivity index (χ3v) is 5.30. The highest BCUT2D eigenvalue weighted by Gasteiger charge is 2.62. The zero-order chi connectivity index (χ0) is 20.0. The Morgan fingerprint density at radius 1 is 1.41 bits per heavy atom. The standard InChI is InChI=1S/C13H20F2N4O7S/c1-16-6-12(2-3-12)7-25-17-10(20)8-4-13(14,15)9-5-18(8)11(21)19(9)26-27(22,23)24/h8-9,16H,2-7H2,1H3,(H,17,20)(H,22,23,24)/t8-,9-/m0/s1.